The number of carbonyl (C=O) groups is 2. The Labute approximate surface area is 76.0 Å². The Kier molecular flexibility index (Phi) is 3.57. The van der Waals surface area contributed by atoms with E-state index in [-0.39, 0.29) is 5.75 Å². The van der Waals surface area contributed by atoms with Crippen molar-refractivity contribution in [1.82, 2.24) is 0 Å². The average Bonchev–Trinajstić information content (AvgIpc) is 1.86. The van der Waals surface area contributed by atoms with Gasteiger partial charge in [0.1, 0.15) is 0 Å². The number of hydrogen-bond acceptors (Lipinski definition) is 3. The lowest BCUT2D eigenvalue weighted by atomic mass is 9.80. The molecule has 0 aromatic rings. The van der Waals surface area contributed by atoms with Gasteiger partial charge in [-0.2, -0.15) is 12.6 Å². The third kappa shape index (κ3) is 2.14. The molecule has 1 atom stereocenters. The molecule has 5 heteroatoms. The van der Waals surface area contributed by atoms with Crippen LogP contribution in [0.25, 0.3) is 0 Å². The summed E-state index contributed by atoms with van der Waals surface area (Å²) in [4.78, 5) is 21.2. The predicted molar refractivity (Wildman–Crippen MR) is 46.4 cm³/mol. The molecule has 0 spiro atoms. The molecule has 2 N–H and O–H groups in total. The van der Waals surface area contributed by atoms with Crippen molar-refractivity contribution < 1.29 is 19.8 Å². The van der Waals surface area contributed by atoms with Gasteiger partial charge in [0.05, 0.1) is 11.3 Å². The monoisotopic (exact) mass is 192 g/mol. The minimum Gasteiger partial charge on any atom is -0.481 e. The van der Waals surface area contributed by atoms with Crippen molar-refractivity contribution in [3.05, 3.63) is 0 Å². The summed E-state index contributed by atoms with van der Waals surface area (Å²) in [7, 11) is 0. The molecule has 0 saturated heterocycles. The molecule has 1 unspecified atom stereocenters. The highest BCUT2D eigenvalue weighted by Crippen LogP contribution is 2.28. The fourth-order valence-corrected chi connectivity index (χ4v) is 1.38. The molecular formula is C7H12O4S. The molecule has 0 heterocycles. The van der Waals surface area contributed by atoms with E-state index in [1.807, 2.05) is 0 Å². The zero-order valence-electron chi connectivity index (χ0n) is 6.94. The summed E-state index contributed by atoms with van der Waals surface area (Å²) in [6, 6.07) is 0. The lowest BCUT2D eigenvalue weighted by Gasteiger charge is -2.25. The van der Waals surface area contributed by atoms with Gasteiger partial charge in [0.25, 0.3) is 0 Å². The second-order valence-electron chi connectivity index (χ2n) is 3.10. The molecule has 0 aliphatic rings. The average molecular weight is 192 g/mol. The van der Waals surface area contributed by atoms with Crippen LogP contribution in [0.4, 0.5) is 0 Å². The molecule has 0 bridgehead atoms. The van der Waals surface area contributed by atoms with Crippen LogP contribution < -0.4 is 0 Å². The zero-order chi connectivity index (χ0) is 9.94. The summed E-state index contributed by atoms with van der Waals surface area (Å²) >= 11 is 3.80. The minimum atomic E-state index is -1.27. The molecule has 0 fully saturated rings. The maximum Gasteiger partial charge on any atom is 0.309 e. The van der Waals surface area contributed by atoms with Gasteiger partial charge in [0.15, 0.2) is 0 Å². The van der Waals surface area contributed by atoms with Crippen molar-refractivity contribution in [3.63, 3.8) is 0 Å². The Morgan fingerprint density at radius 3 is 1.92 bits per heavy atom. The fourth-order valence-electron chi connectivity index (χ4n) is 0.764. The van der Waals surface area contributed by atoms with E-state index in [1.54, 1.807) is 0 Å². The molecule has 0 amide bonds. The maximum atomic E-state index is 10.6. The summed E-state index contributed by atoms with van der Waals surface area (Å²) in [6.07, 6.45) is 0. The SMILES string of the molecule is CC(C)(C(=O)O)C(CS)C(=O)O. The van der Waals surface area contributed by atoms with Gasteiger partial charge in [-0.25, -0.2) is 0 Å². The topological polar surface area (TPSA) is 74.6 Å². The Bertz CT molecular complexity index is 200. The van der Waals surface area contributed by atoms with Crippen LogP contribution in [0.1, 0.15) is 13.8 Å². The van der Waals surface area contributed by atoms with E-state index in [0.717, 1.165) is 0 Å². The Hall–Kier alpha value is -0.710. The molecular weight excluding hydrogens is 180 g/mol. The second-order valence-corrected chi connectivity index (χ2v) is 3.47. The van der Waals surface area contributed by atoms with Gasteiger partial charge in [-0.05, 0) is 13.8 Å². The number of thiol groups is 1. The van der Waals surface area contributed by atoms with Crippen molar-refractivity contribution in [2.45, 2.75) is 13.8 Å². The first-order valence-electron chi connectivity index (χ1n) is 3.41. The number of aliphatic carboxylic acids is 2. The van der Waals surface area contributed by atoms with Crippen LogP contribution in [-0.4, -0.2) is 27.9 Å². The van der Waals surface area contributed by atoms with Gasteiger partial charge in [-0.15, -0.1) is 0 Å². The Balaban J connectivity index is 4.71. The minimum absolute atomic E-state index is 0.0225. The van der Waals surface area contributed by atoms with Crippen LogP contribution in [0.2, 0.25) is 0 Å². The molecule has 0 aromatic heterocycles. The molecule has 0 rings (SSSR count). The molecule has 70 valence electrons. The van der Waals surface area contributed by atoms with Crippen LogP contribution in [0.15, 0.2) is 0 Å². The van der Waals surface area contributed by atoms with Crippen LogP contribution in [-0.2, 0) is 9.59 Å². The van der Waals surface area contributed by atoms with Gasteiger partial charge in [0, 0.05) is 5.75 Å². The van der Waals surface area contributed by atoms with Crippen molar-refractivity contribution >= 4 is 24.6 Å². The second kappa shape index (κ2) is 3.80. The van der Waals surface area contributed by atoms with Gasteiger partial charge in [-0.1, -0.05) is 0 Å². The van der Waals surface area contributed by atoms with Gasteiger partial charge in [0.2, 0.25) is 0 Å². The van der Waals surface area contributed by atoms with Crippen molar-refractivity contribution in [2.24, 2.45) is 11.3 Å². The Morgan fingerprint density at radius 2 is 1.83 bits per heavy atom. The highest BCUT2D eigenvalue weighted by molar-refractivity contribution is 7.80. The quantitative estimate of drug-likeness (QED) is 0.574. The maximum absolute atomic E-state index is 10.6. The summed E-state index contributed by atoms with van der Waals surface area (Å²) in [5, 5.41) is 17.3. The van der Waals surface area contributed by atoms with Crippen molar-refractivity contribution in [1.29, 1.82) is 0 Å². The molecule has 4 nitrogen and oxygen atoms in total. The number of carboxylic acid groups (broad SMARTS) is 2. The van der Waals surface area contributed by atoms with E-state index >= 15 is 0 Å². The van der Waals surface area contributed by atoms with Crippen LogP contribution >= 0.6 is 12.6 Å². The number of carboxylic acids is 2. The van der Waals surface area contributed by atoms with E-state index in [4.69, 9.17) is 10.2 Å². The standard InChI is InChI=1S/C7H12O4S/c1-7(2,6(10)11)4(3-12)5(8)9/h4,12H,3H2,1-2H3,(H,8,9)(H,10,11). The summed E-state index contributed by atoms with van der Waals surface area (Å²) in [5.41, 5.74) is -1.27. The first-order chi connectivity index (χ1) is 5.34. The van der Waals surface area contributed by atoms with Crippen molar-refractivity contribution in [2.75, 3.05) is 5.75 Å². The van der Waals surface area contributed by atoms with Gasteiger partial charge >= 0.3 is 11.9 Å². The van der Waals surface area contributed by atoms with Gasteiger partial charge in [-0.3, -0.25) is 9.59 Å². The van der Waals surface area contributed by atoms with E-state index < -0.39 is 23.3 Å². The van der Waals surface area contributed by atoms with Crippen molar-refractivity contribution in [3.8, 4) is 0 Å². The smallest absolute Gasteiger partial charge is 0.309 e. The Morgan fingerprint density at radius 1 is 1.42 bits per heavy atom. The molecule has 0 aliphatic carbocycles. The molecule has 0 aromatic carbocycles. The molecule has 0 aliphatic heterocycles. The highest BCUT2D eigenvalue weighted by atomic mass is 32.1. The molecule has 0 saturated carbocycles. The van der Waals surface area contributed by atoms with Crippen LogP contribution in [0.3, 0.4) is 0 Å². The summed E-state index contributed by atoms with van der Waals surface area (Å²) in [5.74, 6) is -3.19. The number of hydrogen-bond donors (Lipinski definition) is 3. The summed E-state index contributed by atoms with van der Waals surface area (Å²) < 4.78 is 0. The predicted octanol–water partition coefficient (Wildman–Crippen LogP) is 0.728. The first-order valence-corrected chi connectivity index (χ1v) is 4.04. The van der Waals surface area contributed by atoms with E-state index in [1.165, 1.54) is 13.8 Å². The first kappa shape index (κ1) is 11.3. The highest BCUT2D eigenvalue weighted by Gasteiger charge is 2.40. The third-order valence-electron chi connectivity index (χ3n) is 1.90. The van der Waals surface area contributed by atoms with E-state index in [0.29, 0.717) is 0 Å². The third-order valence-corrected chi connectivity index (χ3v) is 2.27. The lowest BCUT2D eigenvalue weighted by Crippen LogP contribution is -2.38. The molecule has 12 heavy (non-hydrogen) atoms. The summed E-state index contributed by atoms with van der Waals surface area (Å²) in [6.45, 7) is 2.76. The van der Waals surface area contributed by atoms with E-state index in [9.17, 15) is 9.59 Å². The van der Waals surface area contributed by atoms with Gasteiger partial charge < -0.3 is 10.2 Å². The fraction of sp³-hybridized carbons (Fsp3) is 0.714. The normalized spacial score (nSPS) is 13.9. The molecule has 0 radical (unpaired) electrons. The number of rotatable bonds is 4. The van der Waals surface area contributed by atoms with Crippen LogP contribution in [0.5, 0.6) is 0 Å². The van der Waals surface area contributed by atoms with E-state index in [2.05, 4.69) is 12.6 Å². The largest absolute Gasteiger partial charge is 0.481 e. The van der Waals surface area contributed by atoms with Crippen LogP contribution in [0, 0.1) is 11.3 Å². The zero-order valence-corrected chi connectivity index (χ0v) is 7.84. The lowest BCUT2D eigenvalue weighted by molar-refractivity contribution is -0.158.